The molecule has 21 heavy (non-hydrogen) atoms. The second kappa shape index (κ2) is 6.97. The van der Waals surface area contributed by atoms with Crippen LogP contribution in [0.2, 0.25) is 0 Å². The molecule has 0 saturated carbocycles. The predicted molar refractivity (Wildman–Crippen MR) is 74.4 cm³/mol. The molecule has 0 aliphatic rings. The highest BCUT2D eigenvalue weighted by molar-refractivity contribution is 5.42. The molecule has 112 valence electrons. The number of nitrogens with zero attached hydrogens (tertiary/aromatic N) is 1. The SMILES string of the molecule is FC(F)(F)COc1ccc(NCCc2ccccc2)cn1. The number of benzene rings is 1. The summed E-state index contributed by atoms with van der Waals surface area (Å²) < 4.78 is 40.5. The van der Waals surface area contributed by atoms with E-state index < -0.39 is 12.8 Å². The highest BCUT2D eigenvalue weighted by atomic mass is 19.4. The number of pyridine rings is 1. The number of rotatable bonds is 6. The predicted octanol–water partition coefficient (Wildman–Crippen LogP) is 3.68. The monoisotopic (exact) mass is 296 g/mol. The number of alkyl halides is 3. The highest BCUT2D eigenvalue weighted by Gasteiger charge is 2.28. The van der Waals surface area contributed by atoms with Gasteiger partial charge in [0.2, 0.25) is 5.88 Å². The Kier molecular flexibility index (Phi) is 5.03. The second-order valence-corrected chi connectivity index (χ2v) is 4.45. The Morgan fingerprint density at radius 3 is 2.43 bits per heavy atom. The summed E-state index contributed by atoms with van der Waals surface area (Å²) in [5.41, 5.74) is 1.95. The number of hydrogen-bond donors (Lipinski definition) is 1. The van der Waals surface area contributed by atoms with E-state index >= 15 is 0 Å². The Morgan fingerprint density at radius 2 is 1.81 bits per heavy atom. The number of halogens is 3. The first kappa shape index (κ1) is 15.2. The van der Waals surface area contributed by atoms with Gasteiger partial charge in [-0.25, -0.2) is 4.98 Å². The first-order valence-corrected chi connectivity index (χ1v) is 6.46. The van der Waals surface area contributed by atoms with Crippen molar-refractivity contribution in [1.29, 1.82) is 0 Å². The van der Waals surface area contributed by atoms with Crippen molar-refractivity contribution in [2.75, 3.05) is 18.5 Å². The molecule has 1 heterocycles. The van der Waals surface area contributed by atoms with Crippen LogP contribution in [-0.2, 0) is 6.42 Å². The summed E-state index contributed by atoms with van der Waals surface area (Å²) in [6, 6.07) is 13.0. The number of hydrogen-bond acceptors (Lipinski definition) is 3. The average Bonchev–Trinajstić information content (AvgIpc) is 2.47. The molecule has 0 saturated heterocycles. The molecule has 0 unspecified atom stereocenters. The summed E-state index contributed by atoms with van der Waals surface area (Å²) >= 11 is 0. The third kappa shape index (κ3) is 5.72. The van der Waals surface area contributed by atoms with Crippen LogP contribution in [-0.4, -0.2) is 24.3 Å². The van der Waals surface area contributed by atoms with Gasteiger partial charge < -0.3 is 10.1 Å². The minimum Gasteiger partial charge on any atom is -0.468 e. The van der Waals surface area contributed by atoms with Crippen LogP contribution < -0.4 is 10.1 Å². The molecule has 0 bridgehead atoms. The van der Waals surface area contributed by atoms with Crippen molar-refractivity contribution in [2.24, 2.45) is 0 Å². The standard InChI is InChI=1S/C15H15F3N2O/c16-15(17,18)11-21-14-7-6-13(10-20-14)19-9-8-12-4-2-1-3-5-12/h1-7,10,19H,8-9,11H2. The molecule has 0 fully saturated rings. The normalized spacial score (nSPS) is 11.2. The fourth-order valence-corrected chi connectivity index (χ4v) is 1.72. The summed E-state index contributed by atoms with van der Waals surface area (Å²) in [4.78, 5) is 3.82. The topological polar surface area (TPSA) is 34.1 Å². The molecule has 1 aromatic carbocycles. The lowest BCUT2D eigenvalue weighted by molar-refractivity contribution is -0.154. The first-order chi connectivity index (χ1) is 10.0. The van der Waals surface area contributed by atoms with Crippen molar-refractivity contribution in [2.45, 2.75) is 12.6 Å². The van der Waals surface area contributed by atoms with Crippen molar-refractivity contribution in [3.05, 3.63) is 54.2 Å². The number of ether oxygens (including phenoxy) is 1. The Hall–Kier alpha value is -2.24. The molecule has 0 aliphatic heterocycles. The van der Waals surface area contributed by atoms with Gasteiger partial charge in [-0.1, -0.05) is 30.3 Å². The average molecular weight is 296 g/mol. The second-order valence-electron chi connectivity index (χ2n) is 4.45. The molecule has 0 spiro atoms. The zero-order chi connectivity index (χ0) is 15.1. The number of anilines is 1. The quantitative estimate of drug-likeness (QED) is 0.883. The number of nitrogens with one attached hydrogen (secondary N) is 1. The van der Waals surface area contributed by atoms with E-state index in [9.17, 15) is 13.2 Å². The van der Waals surface area contributed by atoms with Gasteiger partial charge in [-0.3, -0.25) is 0 Å². The molecule has 0 aliphatic carbocycles. The van der Waals surface area contributed by atoms with Crippen LogP contribution in [0.4, 0.5) is 18.9 Å². The van der Waals surface area contributed by atoms with Crippen molar-refractivity contribution in [3.8, 4) is 5.88 Å². The van der Waals surface area contributed by atoms with Crippen molar-refractivity contribution in [1.82, 2.24) is 4.98 Å². The third-order valence-corrected chi connectivity index (χ3v) is 2.71. The fraction of sp³-hybridized carbons (Fsp3) is 0.267. The van der Waals surface area contributed by atoms with Gasteiger partial charge in [0.05, 0.1) is 11.9 Å². The summed E-state index contributed by atoms with van der Waals surface area (Å²) in [6.45, 7) is -0.616. The molecule has 0 radical (unpaired) electrons. The van der Waals surface area contributed by atoms with Crippen molar-refractivity contribution in [3.63, 3.8) is 0 Å². The van der Waals surface area contributed by atoms with Gasteiger partial charge in [0, 0.05) is 12.6 Å². The van der Waals surface area contributed by atoms with Gasteiger partial charge in [-0.2, -0.15) is 13.2 Å². The Morgan fingerprint density at radius 1 is 1.05 bits per heavy atom. The molecular formula is C15H15F3N2O. The smallest absolute Gasteiger partial charge is 0.422 e. The van der Waals surface area contributed by atoms with Gasteiger partial charge in [-0.15, -0.1) is 0 Å². The van der Waals surface area contributed by atoms with E-state index in [2.05, 4.69) is 15.0 Å². The van der Waals surface area contributed by atoms with Crippen molar-refractivity contribution < 1.29 is 17.9 Å². The fourth-order valence-electron chi connectivity index (χ4n) is 1.72. The van der Waals surface area contributed by atoms with Crippen LogP contribution in [0.15, 0.2) is 48.7 Å². The van der Waals surface area contributed by atoms with E-state index in [1.807, 2.05) is 30.3 Å². The first-order valence-electron chi connectivity index (χ1n) is 6.46. The van der Waals surface area contributed by atoms with Gasteiger partial charge in [0.15, 0.2) is 6.61 Å². The van der Waals surface area contributed by atoms with E-state index in [0.29, 0.717) is 6.54 Å². The van der Waals surface area contributed by atoms with E-state index in [4.69, 9.17) is 0 Å². The lowest BCUT2D eigenvalue weighted by Crippen LogP contribution is -2.19. The summed E-state index contributed by atoms with van der Waals surface area (Å²) in [6.07, 6.45) is -2.04. The van der Waals surface area contributed by atoms with Gasteiger partial charge in [0.1, 0.15) is 0 Å². The van der Waals surface area contributed by atoms with E-state index in [1.165, 1.54) is 17.8 Å². The van der Waals surface area contributed by atoms with Crippen LogP contribution in [0, 0.1) is 0 Å². The summed E-state index contributed by atoms with van der Waals surface area (Å²) in [7, 11) is 0. The molecule has 3 nitrogen and oxygen atoms in total. The lowest BCUT2D eigenvalue weighted by Gasteiger charge is -2.09. The minimum atomic E-state index is -4.35. The number of aromatic nitrogens is 1. The summed E-state index contributed by atoms with van der Waals surface area (Å²) in [5, 5.41) is 3.15. The molecule has 2 aromatic rings. The largest absolute Gasteiger partial charge is 0.468 e. The maximum absolute atomic E-state index is 12.0. The van der Waals surface area contributed by atoms with Crippen LogP contribution in [0.5, 0.6) is 5.88 Å². The zero-order valence-corrected chi connectivity index (χ0v) is 11.2. The molecule has 1 aromatic heterocycles. The van der Waals surface area contributed by atoms with Gasteiger partial charge >= 0.3 is 6.18 Å². The lowest BCUT2D eigenvalue weighted by atomic mass is 10.1. The molecule has 2 rings (SSSR count). The Balaban J connectivity index is 1.77. The molecular weight excluding hydrogens is 281 g/mol. The van der Waals surface area contributed by atoms with Crippen LogP contribution in [0.3, 0.4) is 0 Å². The Bertz CT molecular complexity index is 541. The minimum absolute atomic E-state index is 0.0408. The highest BCUT2D eigenvalue weighted by Crippen LogP contribution is 2.18. The van der Waals surface area contributed by atoms with Crippen LogP contribution in [0.25, 0.3) is 0 Å². The molecule has 0 amide bonds. The van der Waals surface area contributed by atoms with E-state index in [1.54, 1.807) is 6.07 Å². The Labute approximate surface area is 120 Å². The van der Waals surface area contributed by atoms with Crippen LogP contribution >= 0.6 is 0 Å². The van der Waals surface area contributed by atoms with E-state index in [0.717, 1.165) is 12.1 Å². The maximum Gasteiger partial charge on any atom is 0.422 e. The van der Waals surface area contributed by atoms with Gasteiger partial charge in [0.25, 0.3) is 0 Å². The maximum atomic E-state index is 12.0. The van der Waals surface area contributed by atoms with Crippen molar-refractivity contribution >= 4 is 5.69 Å². The van der Waals surface area contributed by atoms with E-state index in [-0.39, 0.29) is 5.88 Å². The molecule has 1 N–H and O–H groups in total. The molecule has 0 atom stereocenters. The third-order valence-electron chi connectivity index (χ3n) is 2.71. The molecule has 6 heteroatoms. The summed E-state index contributed by atoms with van der Waals surface area (Å²) in [5.74, 6) is -0.0408. The van der Waals surface area contributed by atoms with Gasteiger partial charge in [-0.05, 0) is 18.1 Å². The van der Waals surface area contributed by atoms with Crippen LogP contribution in [0.1, 0.15) is 5.56 Å². The zero-order valence-electron chi connectivity index (χ0n) is 11.2.